The summed E-state index contributed by atoms with van der Waals surface area (Å²) in [6.07, 6.45) is 1.54. The maximum absolute atomic E-state index is 12.1. The number of nitrogens with zero attached hydrogens (tertiary/aromatic N) is 1. The second-order valence-corrected chi connectivity index (χ2v) is 6.22. The number of nitrogens with one attached hydrogen (secondary N) is 1. The van der Waals surface area contributed by atoms with Crippen LogP contribution in [0.1, 0.15) is 23.1 Å². The Hall–Kier alpha value is -2.82. The predicted molar refractivity (Wildman–Crippen MR) is 96.7 cm³/mol. The van der Waals surface area contributed by atoms with E-state index in [4.69, 9.17) is 4.74 Å². The average Bonchev–Trinajstić information content (AvgIpc) is 2.92. The van der Waals surface area contributed by atoms with Crippen LogP contribution in [0, 0.1) is 0 Å². The van der Waals surface area contributed by atoms with Crippen LogP contribution < -0.4 is 15.0 Å². The van der Waals surface area contributed by atoms with Crippen molar-refractivity contribution in [2.45, 2.75) is 25.8 Å². The molecular formula is C20H22N2O3. The van der Waals surface area contributed by atoms with Gasteiger partial charge < -0.3 is 15.0 Å². The number of rotatable bonds is 6. The third-order valence-corrected chi connectivity index (χ3v) is 4.49. The summed E-state index contributed by atoms with van der Waals surface area (Å²) in [6.45, 7) is 0.474. The molecule has 0 atom stereocenters. The number of hydrogen-bond donors (Lipinski definition) is 1. The first-order valence-electron chi connectivity index (χ1n) is 8.35. The number of carbonyl (C=O) groups is 2. The normalized spacial score (nSPS) is 12.9. The molecule has 1 N–H and O–H groups in total. The predicted octanol–water partition coefficient (Wildman–Crippen LogP) is 2.46. The summed E-state index contributed by atoms with van der Waals surface area (Å²) in [7, 11) is 3.42. The fraction of sp³-hybridized carbons (Fsp3) is 0.300. The molecule has 0 aliphatic carbocycles. The zero-order valence-corrected chi connectivity index (χ0v) is 14.5. The summed E-state index contributed by atoms with van der Waals surface area (Å²) in [5, 5.41) is 2.94. The molecule has 1 aliphatic heterocycles. The van der Waals surface area contributed by atoms with Crippen LogP contribution in [0.5, 0.6) is 5.75 Å². The molecule has 5 heteroatoms. The number of methoxy groups -OCH3 is 1. The Morgan fingerprint density at radius 1 is 1.20 bits per heavy atom. The molecular weight excluding hydrogens is 316 g/mol. The van der Waals surface area contributed by atoms with Crippen molar-refractivity contribution in [1.82, 2.24) is 5.32 Å². The summed E-state index contributed by atoms with van der Waals surface area (Å²) in [5.41, 5.74) is 4.07. The second kappa shape index (κ2) is 7.38. The van der Waals surface area contributed by atoms with Gasteiger partial charge in [-0.2, -0.15) is 0 Å². The van der Waals surface area contributed by atoms with Crippen molar-refractivity contribution in [2.75, 3.05) is 19.1 Å². The van der Waals surface area contributed by atoms with Gasteiger partial charge in [-0.05, 0) is 41.3 Å². The lowest BCUT2D eigenvalue weighted by molar-refractivity contribution is -0.121. The Balaban J connectivity index is 1.51. The van der Waals surface area contributed by atoms with Crippen LogP contribution in [0.15, 0.2) is 42.5 Å². The van der Waals surface area contributed by atoms with Crippen molar-refractivity contribution in [1.29, 1.82) is 0 Å². The highest BCUT2D eigenvalue weighted by Gasteiger charge is 2.23. The molecule has 25 heavy (non-hydrogen) atoms. The molecule has 2 aromatic carbocycles. The molecule has 0 saturated heterocycles. The number of aryl methyl sites for hydroxylation is 1. The number of fused-ring (bicyclic) bond motifs is 1. The van der Waals surface area contributed by atoms with Crippen LogP contribution in [0.4, 0.5) is 5.69 Å². The van der Waals surface area contributed by atoms with Crippen LogP contribution in [-0.2, 0) is 29.0 Å². The molecule has 3 rings (SSSR count). The molecule has 1 heterocycles. The standard InChI is InChI=1S/C20H22N2O3/c1-22-18-8-6-15(10-16(18)12-20(22)24)13-21-19(23)9-7-14-4-3-5-17(11-14)25-2/h3-6,8,10-11H,7,9,12-13H2,1-2H3,(H,21,23). The molecule has 0 bridgehead atoms. The fourth-order valence-electron chi connectivity index (χ4n) is 3.01. The molecule has 1 aliphatic rings. The summed E-state index contributed by atoms with van der Waals surface area (Å²) >= 11 is 0. The van der Waals surface area contributed by atoms with E-state index in [0.29, 0.717) is 25.8 Å². The SMILES string of the molecule is COc1cccc(CCC(=O)NCc2ccc3c(c2)CC(=O)N3C)c1. The van der Waals surface area contributed by atoms with Crippen LogP contribution >= 0.6 is 0 Å². The number of hydrogen-bond acceptors (Lipinski definition) is 3. The first kappa shape index (κ1) is 17.0. The lowest BCUT2D eigenvalue weighted by Crippen LogP contribution is -2.23. The summed E-state index contributed by atoms with van der Waals surface area (Å²) < 4.78 is 5.19. The van der Waals surface area contributed by atoms with Crippen molar-refractivity contribution in [2.24, 2.45) is 0 Å². The second-order valence-electron chi connectivity index (χ2n) is 6.22. The third-order valence-electron chi connectivity index (χ3n) is 4.49. The van der Waals surface area contributed by atoms with E-state index < -0.39 is 0 Å². The lowest BCUT2D eigenvalue weighted by atomic mass is 10.1. The lowest BCUT2D eigenvalue weighted by Gasteiger charge is -2.11. The van der Waals surface area contributed by atoms with E-state index in [9.17, 15) is 9.59 Å². The number of amides is 2. The summed E-state index contributed by atoms with van der Waals surface area (Å²) in [5.74, 6) is 0.918. The van der Waals surface area contributed by atoms with Crippen LogP contribution in [-0.4, -0.2) is 26.0 Å². The summed E-state index contributed by atoms with van der Waals surface area (Å²) in [4.78, 5) is 25.5. The maximum atomic E-state index is 12.1. The Bertz CT molecular complexity index is 801. The van der Waals surface area contributed by atoms with Gasteiger partial charge in [0.25, 0.3) is 0 Å². The molecule has 5 nitrogen and oxygen atoms in total. The minimum absolute atomic E-state index is 0.0107. The van der Waals surface area contributed by atoms with Gasteiger partial charge in [-0.1, -0.05) is 24.3 Å². The van der Waals surface area contributed by atoms with Crippen molar-refractivity contribution < 1.29 is 14.3 Å². The van der Waals surface area contributed by atoms with Crippen molar-refractivity contribution in [3.8, 4) is 5.75 Å². The fourth-order valence-corrected chi connectivity index (χ4v) is 3.01. The van der Waals surface area contributed by atoms with Crippen LogP contribution in [0.3, 0.4) is 0 Å². The Morgan fingerprint density at radius 2 is 2.04 bits per heavy atom. The highest BCUT2D eigenvalue weighted by molar-refractivity contribution is 6.00. The van der Waals surface area contributed by atoms with Crippen LogP contribution in [0.2, 0.25) is 0 Å². The molecule has 0 fully saturated rings. The number of benzene rings is 2. The van der Waals surface area contributed by atoms with Gasteiger partial charge in [0.1, 0.15) is 5.75 Å². The molecule has 0 radical (unpaired) electrons. The van der Waals surface area contributed by atoms with E-state index in [0.717, 1.165) is 28.1 Å². The van der Waals surface area contributed by atoms with Gasteiger partial charge in [0.2, 0.25) is 11.8 Å². The molecule has 2 amide bonds. The van der Waals surface area contributed by atoms with E-state index >= 15 is 0 Å². The van der Waals surface area contributed by atoms with Gasteiger partial charge in [-0.3, -0.25) is 9.59 Å². The molecule has 0 saturated carbocycles. The number of anilines is 1. The van der Waals surface area contributed by atoms with Gasteiger partial charge >= 0.3 is 0 Å². The zero-order valence-electron chi connectivity index (χ0n) is 14.5. The van der Waals surface area contributed by atoms with E-state index in [1.807, 2.05) is 42.5 Å². The van der Waals surface area contributed by atoms with Gasteiger partial charge in [0.05, 0.1) is 13.5 Å². The van der Waals surface area contributed by atoms with Gasteiger partial charge in [0.15, 0.2) is 0 Å². The highest BCUT2D eigenvalue weighted by atomic mass is 16.5. The van der Waals surface area contributed by atoms with Gasteiger partial charge in [0, 0.05) is 25.7 Å². The molecule has 2 aromatic rings. The monoisotopic (exact) mass is 338 g/mol. The van der Waals surface area contributed by atoms with E-state index in [-0.39, 0.29) is 11.8 Å². The smallest absolute Gasteiger partial charge is 0.231 e. The minimum Gasteiger partial charge on any atom is -0.497 e. The molecule has 0 spiro atoms. The van der Waals surface area contributed by atoms with E-state index in [1.54, 1.807) is 19.1 Å². The largest absolute Gasteiger partial charge is 0.497 e. The average molecular weight is 338 g/mol. The molecule has 0 aromatic heterocycles. The first-order valence-corrected chi connectivity index (χ1v) is 8.35. The van der Waals surface area contributed by atoms with Crippen molar-refractivity contribution in [3.63, 3.8) is 0 Å². The van der Waals surface area contributed by atoms with Gasteiger partial charge in [-0.15, -0.1) is 0 Å². The minimum atomic E-state index is 0.0107. The maximum Gasteiger partial charge on any atom is 0.231 e. The quantitative estimate of drug-likeness (QED) is 0.880. The van der Waals surface area contributed by atoms with E-state index in [2.05, 4.69) is 5.32 Å². The summed E-state index contributed by atoms with van der Waals surface area (Å²) in [6, 6.07) is 13.6. The molecule has 0 unspecified atom stereocenters. The van der Waals surface area contributed by atoms with Gasteiger partial charge in [-0.25, -0.2) is 0 Å². The Morgan fingerprint density at radius 3 is 2.84 bits per heavy atom. The van der Waals surface area contributed by atoms with Crippen LogP contribution in [0.25, 0.3) is 0 Å². The third kappa shape index (κ3) is 3.99. The Kier molecular flexibility index (Phi) is 5.03. The Labute approximate surface area is 147 Å². The number of ether oxygens (including phenoxy) is 1. The van der Waals surface area contributed by atoms with E-state index in [1.165, 1.54) is 0 Å². The topological polar surface area (TPSA) is 58.6 Å². The number of likely N-dealkylation sites (N-methyl/N-ethyl adjacent to an activating group) is 1. The number of carbonyl (C=O) groups excluding carboxylic acids is 2. The van der Waals surface area contributed by atoms with Crippen molar-refractivity contribution >= 4 is 17.5 Å². The first-order chi connectivity index (χ1) is 12.1. The van der Waals surface area contributed by atoms with Crippen molar-refractivity contribution in [3.05, 3.63) is 59.2 Å². The molecule has 130 valence electrons. The highest BCUT2D eigenvalue weighted by Crippen LogP contribution is 2.28. The zero-order chi connectivity index (χ0) is 17.8.